The third-order valence-corrected chi connectivity index (χ3v) is 1.44. The number of methoxy groups -OCH3 is 1. The van der Waals surface area contributed by atoms with Crippen molar-refractivity contribution in [1.82, 2.24) is 4.98 Å². The predicted octanol–water partition coefficient (Wildman–Crippen LogP) is 1.75. The van der Waals surface area contributed by atoms with Crippen LogP contribution in [0.5, 0.6) is 5.88 Å². The second kappa shape index (κ2) is 3.51. The average molecular weight is 192 g/mol. The molecule has 0 spiro atoms. The van der Waals surface area contributed by atoms with Gasteiger partial charge in [0.05, 0.1) is 12.7 Å². The van der Waals surface area contributed by atoms with Gasteiger partial charge in [-0.05, 0) is 0 Å². The maximum Gasteiger partial charge on any atom is 0.270 e. The Hall–Kier alpha value is -1.46. The van der Waals surface area contributed by atoms with Gasteiger partial charge in [0, 0.05) is 6.07 Å². The zero-order valence-corrected chi connectivity index (χ0v) is 6.72. The molecule has 6 heteroatoms. The third-order valence-electron chi connectivity index (χ3n) is 1.44. The van der Waals surface area contributed by atoms with Crippen molar-refractivity contribution in [2.45, 2.75) is 6.43 Å². The number of nitrogens with zero attached hydrogens (tertiary/aromatic N) is 1. The van der Waals surface area contributed by atoms with Gasteiger partial charge in [0.1, 0.15) is 11.6 Å². The van der Waals surface area contributed by atoms with E-state index in [1.54, 1.807) is 0 Å². The summed E-state index contributed by atoms with van der Waals surface area (Å²) >= 11 is 0. The molecule has 0 radical (unpaired) electrons. The number of anilines is 1. The lowest BCUT2D eigenvalue weighted by molar-refractivity contribution is 0.146. The highest BCUT2D eigenvalue weighted by Crippen LogP contribution is 2.28. The van der Waals surface area contributed by atoms with Gasteiger partial charge < -0.3 is 10.5 Å². The first-order valence-corrected chi connectivity index (χ1v) is 3.34. The molecule has 0 bridgehead atoms. The highest BCUT2D eigenvalue weighted by molar-refractivity contribution is 5.43. The fourth-order valence-corrected chi connectivity index (χ4v) is 0.840. The fourth-order valence-electron chi connectivity index (χ4n) is 0.840. The lowest BCUT2D eigenvalue weighted by Crippen LogP contribution is -2.03. The molecule has 0 aliphatic rings. The van der Waals surface area contributed by atoms with Gasteiger partial charge in [0.15, 0.2) is 0 Å². The molecule has 13 heavy (non-hydrogen) atoms. The molecule has 0 aliphatic carbocycles. The Morgan fingerprint density at radius 2 is 2.15 bits per heavy atom. The molecule has 1 rings (SSSR count). The van der Waals surface area contributed by atoms with Gasteiger partial charge in [-0.1, -0.05) is 0 Å². The van der Waals surface area contributed by atoms with E-state index in [4.69, 9.17) is 5.73 Å². The fraction of sp³-hybridized carbons (Fsp3) is 0.286. The van der Waals surface area contributed by atoms with Crippen molar-refractivity contribution in [1.29, 1.82) is 0 Å². The second-order valence-corrected chi connectivity index (χ2v) is 2.25. The van der Waals surface area contributed by atoms with Crippen LogP contribution in [0.3, 0.4) is 0 Å². The number of hydrogen-bond acceptors (Lipinski definition) is 3. The van der Waals surface area contributed by atoms with E-state index in [1.165, 1.54) is 7.11 Å². The van der Waals surface area contributed by atoms with Crippen LogP contribution in [-0.2, 0) is 0 Å². The van der Waals surface area contributed by atoms with Crippen molar-refractivity contribution >= 4 is 5.82 Å². The summed E-state index contributed by atoms with van der Waals surface area (Å²) in [5.41, 5.74) is 4.20. The summed E-state index contributed by atoms with van der Waals surface area (Å²) in [6.07, 6.45) is -2.97. The van der Waals surface area contributed by atoms with Gasteiger partial charge in [-0.3, -0.25) is 0 Å². The van der Waals surface area contributed by atoms with Gasteiger partial charge >= 0.3 is 0 Å². The number of nitrogen functional groups attached to an aromatic ring is 1. The first-order chi connectivity index (χ1) is 6.06. The quantitative estimate of drug-likeness (QED) is 0.776. The normalized spacial score (nSPS) is 10.5. The molecule has 0 fully saturated rings. The summed E-state index contributed by atoms with van der Waals surface area (Å²) in [5, 5.41) is 0. The maximum atomic E-state index is 12.9. The number of pyridine rings is 1. The predicted molar refractivity (Wildman–Crippen MR) is 40.1 cm³/mol. The molecule has 1 aromatic rings. The number of nitrogens with two attached hydrogens (primary N) is 1. The van der Waals surface area contributed by atoms with E-state index in [1.807, 2.05) is 0 Å². The third kappa shape index (κ3) is 1.82. The number of aromatic nitrogens is 1. The van der Waals surface area contributed by atoms with Gasteiger partial charge in [-0.2, -0.15) is 4.98 Å². The Morgan fingerprint density at radius 3 is 2.54 bits per heavy atom. The lowest BCUT2D eigenvalue weighted by atomic mass is 10.2. The minimum absolute atomic E-state index is 0.126. The van der Waals surface area contributed by atoms with Crippen LogP contribution >= 0.6 is 0 Å². The molecule has 0 aromatic carbocycles. The molecule has 0 saturated carbocycles. The van der Waals surface area contributed by atoms with Crippen LogP contribution in [0.2, 0.25) is 0 Å². The zero-order chi connectivity index (χ0) is 10.0. The van der Waals surface area contributed by atoms with Crippen molar-refractivity contribution in [3.05, 3.63) is 17.4 Å². The van der Waals surface area contributed by atoms with Crippen LogP contribution in [0.4, 0.5) is 19.0 Å². The van der Waals surface area contributed by atoms with Crippen molar-refractivity contribution in [3.8, 4) is 5.88 Å². The Kier molecular flexibility index (Phi) is 2.60. The van der Waals surface area contributed by atoms with Crippen LogP contribution in [0.25, 0.3) is 0 Å². The van der Waals surface area contributed by atoms with Gasteiger partial charge in [-0.25, -0.2) is 13.2 Å². The molecule has 1 aromatic heterocycles. The smallest absolute Gasteiger partial charge is 0.270 e. The molecule has 0 unspecified atom stereocenters. The molecular formula is C7H7F3N2O. The SMILES string of the molecule is COc1cc(F)c(C(F)F)c(N)n1. The van der Waals surface area contributed by atoms with Crippen LogP contribution in [-0.4, -0.2) is 12.1 Å². The largest absolute Gasteiger partial charge is 0.481 e. The summed E-state index contributed by atoms with van der Waals surface area (Å²) in [5.74, 6) is -1.79. The second-order valence-electron chi connectivity index (χ2n) is 2.25. The van der Waals surface area contributed by atoms with E-state index in [9.17, 15) is 13.2 Å². The Morgan fingerprint density at radius 1 is 1.54 bits per heavy atom. The highest BCUT2D eigenvalue weighted by atomic mass is 19.3. The molecule has 2 N–H and O–H groups in total. The lowest BCUT2D eigenvalue weighted by Gasteiger charge is -2.06. The van der Waals surface area contributed by atoms with Crippen molar-refractivity contribution in [2.75, 3.05) is 12.8 Å². The summed E-state index contributed by atoms with van der Waals surface area (Å²) in [6, 6.07) is 0.762. The molecule has 0 saturated heterocycles. The highest BCUT2D eigenvalue weighted by Gasteiger charge is 2.19. The molecule has 72 valence electrons. The molecule has 1 heterocycles. The molecule has 3 nitrogen and oxygen atoms in total. The Bertz CT molecular complexity index is 294. The van der Waals surface area contributed by atoms with Gasteiger partial charge in [0.25, 0.3) is 6.43 Å². The van der Waals surface area contributed by atoms with Crippen molar-refractivity contribution < 1.29 is 17.9 Å². The van der Waals surface area contributed by atoms with Crippen LogP contribution in [0.15, 0.2) is 6.07 Å². The summed E-state index contributed by atoms with van der Waals surface area (Å²) in [4.78, 5) is 3.41. The van der Waals surface area contributed by atoms with E-state index in [0.29, 0.717) is 0 Å². The number of alkyl halides is 2. The van der Waals surface area contributed by atoms with Crippen molar-refractivity contribution in [2.24, 2.45) is 0 Å². The molecule has 0 amide bonds. The minimum Gasteiger partial charge on any atom is -0.481 e. The van der Waals surface area contributed by atoms with E-state index < -0.39 is 23.6 Å². The average Bonchev–Trinajstić information content (AvgIpc) is 2.02. The summed E-state index contributed by atoms with van der Waals surface area (Å²) in [7, 11) is 1.24. The molecule has 0 atom stereocenters. The van der Waals surface area contributed by atoms with E-state index in [2.05, 4.69) is 9.72 Å². The van der Waals surface area contributed by atoms with Gasteiger partial charge in [0.2, 0.25) is 5.88 Å². The van der Waals surface area contributed by atoms with Gasteiger partial charge in [-0.15, -0.1) is 0 Å². The number of ether oxygens (including phenoxy) is 1. The van der Waals surface area contributed by atoms with Crippen molar-refractivity contribution in [3.63, 3.8) is 0 Å². The Labute approximate surface area is 72.3 Å². The van der Waals surface area contributed by atoms with E-state index in [0.717, 1.165) is 6.07 Å². The van der Waals surface area contributed by atoms with E-state index in [-0.39, 0.29) is 5.88 Å². The molecular weight excluding hydrogens is 185 g/mol. The Balaban J connectivity index is 3.23. The first-order valence-electron chi connectivity index (χ1n) is 3.34. The van der Waals surface area contributed by atoms with Crippen LogP contribution < -0.4 is 10.5 Å². The zero-order valence-electron chi connectivity index (χ0n) is 6.72. The minimum atomic E-state index is -2.97. The monoisotopic (exact) mass is 192 g/mol. The van der Waals surface area contributed by atoms with E-state index >= 15 is 0 Å². The number of hydrogen-bond donors (Lipinski definition) is 1. The summed E-state index contributed by atoms with van der Waals surface area (Å²) in [6.45, 7) is 0. The summed E-state index contributed by atoms with van der Waals surface area (Å²) < 4.78 is 41.7. The number of rotatable bonds is 2. The maximum absolute atomic E-state index is 12.9. The molecule has 0 aliphatic heterocycles. The standard InChI is InChI=1S/C7H7F3N2O/c1-13-4-2-3(8)5(6(9)10)7(11)12-4/h2,6H,1H3,(H2,11,12). The topological polar surface area (TPSA) is 48.1 Å². The van der Waals surface area contributed by atoms with Crippen LogP contribution in [0, 0.1) is 5.82 Å². The first kappa shape index (κ1) is 9.63. The van der Waals surface area contributed by atoms with Crippen LogP contribution in [0.1, 0.15) is 12.0 Å². The number of halogens is 3.